The summed E-state index contributed by atoms with van der Waals surface area (Å²) < 4.78 is 13.8. The summed E-state index contributed by atoms with van der Waals surface area (Å²) in [7, 11) is 0. The maximum atomic E-state index is 13.8. The standard InChI is InChI=1S/C14H10ClFN4OS2/c1-6-11(9-5-22-13(17)19-9)23-14(18-6)20-12(21)10-7(15)3-2-4-8(10)16/h2-5H,1H3,(H2,17,19)(H,18,20,21). The number of aryl methyl sites for hydroxylation is 1. The molecule has 0 fully saturated rings. The first kappa shape index (κ1) is 15.9. The van der Waals surface area contributed by atoms with Crippen LogP contribution in [0.4, 0.5) is 14.7 Å². The average molecular weight is 369 g/mol. The highest BCUT2D eigenvalue weighted by Crippen LogP contribution is 2.34. The van der Waals surface area contributed by atoms with Crippen molar-refractivity contribution in [1.82, 2.24) is 9.97 Å². The van der Waals surface area contributed by atoms with E-state index >= 15 is 0 Å². The Hall–Kier alpha value is -2.03. The number of carbonyl (C=O) groups is 1. The topological polar surface area (TPSA) is 80.9 Å². The summed E-state index contributed by atoms with van der Waals surface area (Å²) in [4.78, 5) is 21.5. The minimum atomic E-state index is -0.684. The van der Waals surface area contributed by atoms with E-state index in [-0.39, 0.29) is 10.6 Å². The predicted octanol–water partition coefficient (Wildman–Crippen LogP) is 4.20. The van der Waals surface area contributed by atoms with Gasteiger partial charge < -0.3 is 5.73 Å². The molecule has 118 valence electrons. The largest absolute Gasteiger partial charge is 0.375 e. The molecule has 0 radical (unpaired) electrons. The third-order valence-electron chi connectivity index (χ3n) is 2.96. The number of amides is 1. The van der Waals surface area contributed by atoms with E-state index in [2.05, 4.69) is 15.3 Å². The van der Waals surface area contributed by atoms with Crippen molar-refractivity contribution in [2.24, 2.45) is 0 Å². The average Bonchev–Trinajstić information content (AvgIpc) is 3.04. The van der Waals surface area contributed by atoms with Crippen LogP contribution < -0.4 is 11.1 Å². The molecule has 2 heterocycles. The van der Waals surface area contributed by atoms with Gasteiger partial charge in [-0.05, 0) is 19.1 Å². The number of benzene rings is 1. The third kappa shape index (κ3) is 3.19. The zero-order valence-electron chi connectivity index (χ0n) is 11.8. The van der Waals surface area contributed by atoms with Gasteiger partial charge in [0.05, 0.1) is 26.9 Å². The van der Waals surface area contributed by atoms with E-state index in [1.165, 1.54) is 40.9 Å². The second-order valence-corrected chi connectivity index (χ2v) is 6.85. The molecule has 0 unspecified atom stereocenters. The Morgan fingerprint density at radius 1 is 1.39 bits per heavy atom. The Kier molecular flexibility index (Phi) is 4.29. The van der Waals surface area contributed by atoms with E-state index in [0.717, 1.165) is 4.88 Å². The van der Waals surface area contributed by atoms with Gasteiger partial charge in [0.25, 0.3) is 5.91 Å². The van der Waals surface area contributed by atoms with Crippen LogP contribution in [-0.4, -0.2) is 15.9 Å². The molecule has 2 aromatic heterocycles. The van der Waals surface area contributed by atoms with Gasteiger partial charge in [-0.3, -0.25) is 10.1 Å². The smallest absolute Gasteiger partial charge is 0.261 e. The highest BCUT2D eigenvalue weighted by atomic mass is 35.5. The minimum Gasteiger partial charge on any atom is -0.375 e. The predicted molar refractivity (Wildman–Crippen MR) is 91.7 cm³/mol. The van der Waals surface area contributed by atoms with Crippen LogP contribution in [0.15, 0.2) is 23.6 Å². The van der Waals surface area contributed by atoms with Crippen molar-refractivity contribution in [1.29, 1.82) is 0 Å². The molecule has 0 aliphatic heterocycles. The fraction of sp³-hybridized carbons (Fsp3) is 0.0714. The normalized spacial score (nSPS) is 10.7. The molecular weight excluding hydrogens is 359 g/mol. The fourth-order valence-corrected chi connectivity index (χ4v) is 3.75. The van der Waals surface area contributed by atoms with Crippen LogP contribution in [0.2, 0.25) is 5.02 Å². The fourth-order valence-electron chi connectivity index (χ4n) is 1.95. The van der Waals surface area contributed by atoms with Crippen molar-refractivity contribution in [3.63, 3.8) is 0 Å². The molecule has 0 spiro atoms. The number of nitrogens with one attached hydrogen (secondary N) is 1. The Balaban J connectivity index is 1.88. The van der Waals surface area contributed by atoms with E-state index in [9.17, 15) is 9.18 Å². The first-order valence-electron chi connectivity index (χ1n) is 6.40. The number of thiazole rings is 2. The lowest BCUT2D eigenvalue weighted by molar-refractivity contribution is 0.102. The van der Waals surface area contributed by atoms with Crippen LogP contribution in [0, 0.1) is 12.7 Å². The molecule has 0 saturated carbocycles. The molecule has 9 heteroatoms. The molecule has 0 aliphatic carbocycles. The van der Waals surface area contributed by atoms with Crippen molar-refractivity contribution in [2.45, 2.75) is 6.92 Å². The summed E-state index contributed by atoms with van der Waals surface area (Å²) in [5.41, 5.74) is 6.83. The molecule has 3 rings (SSSR count). The number of nitrogens with zero attached hydrogens (tertiary/aromatic N) is 2. The van der Waals surface area contributed by atoms with E-state index in [4.69, 9.17) is 17.3 Å². The Morgan fingerprint density at radius 2 is 2.17 bits per heavy atom. The minimum absolute atomic E-state index is 0.0447. The molecule has 0 bridgehead atoms. The third-order valence-corrected chi connectivity index (χ3v) is 5.05. The van der Waals surface area contributed by atoms with E-state index < -0.39 is 11.7 Å². The number of nitrogens with two attached hydrogens (primary N) is 1. The zero-order valence-corrected chi connectivity index (χ0v) is 14.2. The van der Waals surface area contributed by atoms with E-state index in [1.54, 1.807) is 6.92 Å². The quantitative estimate of drug-likeness (QED) is 0.725. The van der Waals surface area contributed by atoms with Gasteiger partial charge in [0.2, 0.25) is 0 Å². The number of carbonyl (C=O) groups excluding carboxylic acids is 1. The van der Waals surface area contributed by atoms with E-state index in [1.807, 2.05) is 5.38 Å². The first-order chi connectivity index (χ1) is 11.0. The van der Waals surface area contributed by atoms with Gasteiger partial charge in [-0.2, -0.15) is 0 Å². The van der Waals surface area contributed by atoms with Gasteiger partial charge >= 0.3 is 0 Å². The summed E-state index contributed by atoms with van der Waals surface area (Å²) in [6.07, 6.45) is 0. The maximum absolute atomic E-state index is 13.8. The number of hydrogen-bond acceptors (Lipinski definition) is 6. The number of aromatic nitrogens is 2. The summed E-state index contributed by atoms with van der Waals surface area (Å²) in [5, 5.41) is 5.22. The van der Waals surface area contributed by atoms with Crippen molar-refractivity contribution < 1.29 is 9.18 Å². The summed E-state index contributed by atoms with van der Waals surface area (Å²) in [5.74, 6) is -1.33. The van der Waals surface area contributed by atoms with Crippen molar-refractivity contribution in [3.05, 3.63) is 45.7 Å². The number of hydrogen-bond donors (Lipinski definition) is 2. The van der Waals surface area contributed by atoms with Crippen LogP contribution in [0.5, 0.6) is 0 Å². The summed E-state index contributed by atoms with van der Waals surface area (Å²) in [6, 6.07) is 4.07. The lowest BCUT2D eigenvalue weighted by Gasteiger charge is -2.04. The lowest BCUT2D eigenvalue weighted by atomic mass is 10.2. The van der Waals surface area contributed by atoms with Gasteiger partial charge in [-0.15, -0.1) is 11.3 Å². The van der Waals surface area contributed by atoms with Crippen molar-refractivity contribution >= 4 is 50.4 Å². The molecule has 23 heavy (non-hydrogen) atoms. The SMILES string of the molecule is Cc1nc(NC(=O)c2c(F)cccc2Cl)sc1-c1csc(N)n1. The molecular formula is C14H10ClFN4OS2. The Labute approximate surface area is 144 Å². The van der Waals surface area contributed by atoms with Gasteiger partial charge in [0, 0.05) is 5.38 Å². The Bertz CT molecular complexity index is 873. The van der Waals surface area contributed by atoms with Crippen LogP contribution in [0.3, 0.4) is 0 Å². The summed E-state index contributed by atoms with van der Waals surface area (Å²) >= 11 is 8.45. The van der Waals surface area contributed by atoms with Crippen LogP contribution in [0.25, 0.3) is 10.6 Å². The Morgan fingerprint density at radius 3 is 2.83 bits per heavy atom. The molecule has 0 saturated heterocycles. The molecule has 0 atom stereocenters. The van der Waals surface area contributed by atoms with Gasteiger partial charge in [-0.25, -0.2) is 14.4 Å². The first-order valence-corrected chi connectivity index (χ1v) is 8.47. The highest BCUT2D eigenvalue weighted by molar-refractivity contribution is 7.19. The zero-order chi connectivity index (χ0) is 16.6. The lowest BCUT2D eigenvalue weighted by Crippen LogP contribution is -2.14. The summed E-state index contributed by atoms with van der Waals surface area (Å²) in [6.45, 7) is 1.80. The van der Waals surface area contributed by atoms with Crippen LogP contribution in [-0.2, 0) is 0 Å². The van der Waals surface area contributed by atoms with Crippen molar-refractivity contribution in [2.75, 3.05) is 11.1 Å². The molecule has 5 nitrogen and oxygen atoms in total. The van der Waals surface area contributed by atoms with Crippen LogP contribution in [0.1, 0.15) is 16.1 Å². The van der Waals surface area contributed by atoms with Gasteiger partial charge in [0.15, 0.2) is 10.3 Å². The highest BCUT2D eigenvalue weighted by Gasteiger charge is 2.19. The van der Waals surface area contributed by atoms with Gasteiger partial charge in [-0.1, -0.05) is 29.0 Å². The maximum Gasteiger partial charge on any atom is 0.261 e. The molecule has 1 amide bonds. The molecule has 1 aromatic carbocycles. The van der Waals surface area contributed by atoms with E-state index in [0.29, 0.717) is 21.7 Å². The second-order valence-electron chi connectivity index (χ2n) is 4.56. The second kappa shape index (κ2) is 6.23. The van der Waals surface area contributed by atoms with Crippen molar-refractivity contribution in [3.8, 4) is 10.6 Å². The number of nitrogen functional groups attached to an aromatic ring is 1. The molecule has 3 aromatic rings. The van der Waals surface area contributed by atoms with Crippen LogP contribution >= 0.6 is 34.3 Å². The number of halogens is 2. The van der Waals surface area contributed by atoms with Gasteiger partial charge in [0.1, 0.15) is 5.82 Å². The molecule has 0 aliphatic rings. The molecule has 3 N–H and O–H groups in total. The monoisotopic (exact) mass is 368 g/mol. The number of anilines is 2. The number of rotatable bonds is 3.